The van der Waals surface area contributed by atoms with Crippen molar-refractivity contribution in [3.63, 3.8) is 0 Å². The fourth-order valence-electron chi connectivity index (χ4n) is 2.97. The van der Waals surface area contributed by atoms with Crippen LogP contribution in [0.15, 0.2) is 85.2 Å². The molecule has 0 unspecified atom stereocenters. The van der Waals surface area contributed by atoms with E-state index in [2.05, 4.69) is 4.98 Å². The first kappa shape index (κ1) is 14.5. The molecule has 0 N–H and O–H groups in total. The first-order chi connectivity index (χ1) is 11.8. The highest BCUT2D eigenvalue weighted by Gasteiger charge is 2.51. The van der Waals surface area contributed by atoms with Crippen molar-refractivity contribution in [1.82, 2.24) is 4.98 Å². The van der Waals surface area contributed by atoms with Gasteiger partial charge in [0.1, 0.15) is 11.8 Å². The van der Waals surface area contributed by atoms with Crippen molar-refractivity contribution in [2.24, 2.45) is 0 Å². The fraction of sp³-hybridized carbons (Fsp3) is 0.100. The molecule has 1 aromatic heterocycles. The van der Waals surface area contributed by atoms with Crippen molar-refractivity contribution in [3.8, 4) is 5.75 Å². The number of para-hydroxylation sites is 2. The van der Waals surface area contributed by atoms with Gasteiger partial charge in [-0.05, 0) is 35.9 Å². The highest BCUT2D eigenvalue weighted by Crippen LogP contribution is 2.40. The number of ether oxygens (including phenoxy) is 1. The molecule has 1 aliphatic rings. The summed E-state index contributed by atoms with van der Waals surface area (Å²) in [6, 6.07) is 22.7. The quantitative estimate of drug-likeness (QED) is 0.690. The van der Waals surface area contributed by atoms with Crippen molar-refractivity contribution >= 4 is 11.6 Å². The van der Waals surface area contributed by atoms with Gasteiger partial charge < -0.3 is 4.74 Å². The number of aromatic nitrogens is 1. The molecule has 4 nitrogen and oxygen atoms in total. The van der Waals surface area contributed by atoms with Gasteiger partial charge in [-0.15, -0.1) is 0 Å². The lowest BCUT2D eigenvalue weighted by Crippen LogP contribution is -2.61. The van der Waals surface area contributed by atoms with Gasteiger partial charge in [0.25, 0.3) is 5.91 Å². The summed E-state index contributed by atoms with van der Waals surface area (Å²) in [7, 11) is 0. The van der Waals surface area contributed by atoms with E-state index in [1.54, 1.807) is 17.3 Å². The second-order valence-corrected chi connectivity index (χ2v) is 5.63. The Morgan fingerprint density at radius 1 is 0.875 bits per heavy atom. The predicted molar refractivity (Wildman–Crippen MR) is 91.8 cm³/mol. The second-order valence-electron chi connectivity index (χ2n) is 5.63. The standard InChI is InChI=1S/C20H16N2O2/c23-20-19(24-17-11-5-2-6-12-17)18(15-8-7-13-21-14-15)22(20)16-9-3-1-4-10-16/h1-14,18-19H/t18-,19+/m1/s1. The summed E-state index contributed by atoms with van der Waals surface area (Å²) in [5, 5.41) is 0. The average molecular weight is 316 g/mol. The Balaban J connectivity index is 1.68. The molecule has 24 heavy (non-hydrogen) atoms. The normalized spacial score (nSPS) is 19.7. The van der Waals surface area contributed by atoms with E-state index in [1.807, 2.05) is 72.8 Å². The summed E-state index contributed by atoms with van der Waals surface area (Å²) in [6.07, 6.45) is 2.97. The summed E-state index contributed by atoms with van der Waals surface area (Å²) >= 11 is 0. The molecule has 2 heterocycles. The van der Waals surface area contributed by atoms with Crippen molar-refractivity contribution in [2.45, 2.75) is 12.1 Å². The molecule has 0 saturated carbocycles. The van der Waals surface area contributed by atoms with E-state index in [-0.39, 0.29) is 11.9 Å². The molecule has 1 saturated heterocycles. The number of hydrogen-bond acceptors (Lipinski definition) is 3. The van der Waals surface area contributed by atoms with Crippen LogP contribution in [0.3, 0.4) is 0 Å². The number of β-lactam (4-membered cyclic amide) rings is 1. The van der Waals surface area contributed by atoms with Crippen LogP contribution in [0.4, 0.5) is 5.69 Å². The third-order valence-electron chi connectivity index (χ3n) is 4.11. The Bertz CT molecular complexity index is 822. The summed E-state index contributed by atoms with van der Waals surface area (Å²) in [4.78, 5) is 18.7. The maximum Gasteiger partial charge on any atom is 0.271 e. The molecular weight excluding hydrogens is 300 g/mol. The maximum atomic E-state index is 12.7. The zero-order chi connectivity index (χ0) is 16.4. The monoisotopic (exact) mass is 316 g/mol. The van der Waals surface area contributed by atoms with E-state index in [0.717, 1.165) is 11.3 Å². The van der Waals surface area contributed by atoms with Crippen LogP contribution >= 0.6 is 0 Å². The zero-order valence-electron chi connectivity index (χ0n) is 12.9. The number of pyridine rings is 1. The Kier molecular flexibility index (Phi) is 3.71. The van der Waals surface area contributed by atoms with Gasteiger partial charge in [-0.2, -0.15) is 0 Å². The Hall–Kier alpha value is -3.14. The van der Waals surface area contributed by atoms with Gasteiger partial charge in [0, 0.05) is 18.1 Å². The molecule has 0 bridgehead atoms. The van der Waals surface area contributed by atoms with Crippen molar-refractivity contribution in [3.05, 3.63) is 90.8 Å². The average Bonchev–Trinajstić information content (AvgIpc) is 2.66. The van der Waals surface area contributed by atoms with Crippen molar-refractivity contribution in [2.75, 3.05) is 4.90 Å². The Morgan fingerprint density at radius 2 is 1.58 bits per heavy atom. The van der Waals surface area contributed by atoms with Crippen LogP contribution in [-0.2, 0) is 4.79 Å². The summed E-state index contributed by atoms with van der Waals surface area (Å²) in [5.74, 6) is 0.649. The lowest BCUT2D eigenvalue weighted by molar-refractivity contribution is -0.135. The van der Waals surface area contributed by atoms with E-state index < -0.39 is 6.10 Å². The topological polar surface area (TPSA) is 42.4 Å². The smallest absolute Gasteiger partial charge is 0.271 e. The first-order valence-corrected chi connectivity index (χ1v) is 7.84. The van der Waals surface area contributed by atoms with Crippen LogP contribution < -0.4 is 9.64 Å². The minimum absolute atomic E-state index is 0.0427. The van der Waals surface area contributed by atoms with E-state index in [4.69, 9.17) is 4.74 Å². The van der Waals surface area contributed by atoms with Gasteiger partial charge in [-0.3, -0.25) is 14.7 Å². The number of benzene rings is 2. The molecule has 1 fully saturated rings. The van der Waals surface area contributed by atoms with Crippen LogP contribution in [-0.4, -0.2) is 17.0 Å². The molecule has 0 spiro atoms. The molecule has 2 aromatic carbocycles. The zero-order valence-corrected chi connectivity index (χ0v) is 12.9. The number of anilines is 1. The van der Waals surface area contributed by atoms with E-state index in [9.17, 15) is 4.79 Å². The molecular formula is C20H16N2O2. The van der Waals surface area contributed by atoms with Gasteiger partial charge in [-0.1, -0.05) is 42.5 Å². The number of amides is 1. The number of hydrogen-bond donors (Lipinski definition) is 0. The van der Waals surface area contributed by atoms with E-state index in [0.29, 0.717) is 5.75 Å². The Morgan fingerprint density at radius 3 is 2.25 bits per heavy atom. The first-order valence-electron chi connectivity index (χ1n) is 7.84. The molecule has 0 radical (unpaired) electrons. The van der Waals surface area contributed by atoms with Crippen LogP contribution in [0, 0.1) is 0 Å². The van der Waals surface area contributed by atoms with Crippen LogP contribution in [0.5, 0.6) is 5.75 Å². The highest BCUT2D eigenvalue weighted by atomic mass is 16.5. The molecule has 2 atom stereocenters. The van der Waals surface area contributed by atoms with Gasteiger partial charge in [0.15, 0.2) is 0 Å². The number of carbonyl (C=O) groups excluding carboxylic acids is 1. The third-order valence-corrected chi connectivity index (χ3v) is 4.11. The number of nitrogens with zero attached hydrogens (tertiary/aromatic N) is 2. The molecule has 1 aliphatic heterocycles. The summed E-state index contributed by atoms with van der Waals surface area (Å²) in [6.45, 7) is 0. The predicted octanol–water partition coefficient (Wildman–Crippen LogP) is 3.62. The molecule has 118 valence electrons. The van der Waals surface area contributed by atoms with Crippen LogP contribution in [0.1, 0.15) is 11.6 Å². The minimum Gasteiger partial charge on any atom is -0.478 e. The van der Waals surface area contributed by atoms with Crippen molar-refractivity contribution in [1.29, 1.82) is 0 Å². The summed E-state index contributed by atoms with van der Waals surface area (Å²) < 4.78 is 5.96. The van der Waals surface area contributed by atoms with Gasteiger partial charge in [0.2, 0.25) is 6.10 Å². The van der Waals surface area contributed by atoms with Gasteiger partial charge in [-0.25, -0.2) is 0 Å². The molecule has 4 heteroatoms. The fourth-order valence-corrected chi connectivity index (χ4v) is 2.97. The van der Waals surface area contributed by atoms with Crippen molar-refractivity contribution < 1.29 is 9.53 Å². The molecule has 4 rings (SSSR count). The minimum atomic E-state index is -0.545. The van der Waals surface area contributed by atoms with Gasteiger partial charge >= 0.3 is 0 Å². The molecule has 1 amide bonds. The molecule has 0 aliphatic carbocycles. The van der Waals surface area contributed by atoms with E-state index in [1.165, 1.54) is 0 Å². The van der Waals surface area contributed by atoms with Crippen LogP contribution in [0.2, 0.25) is 0 Å². The molecule has 3 aromatic rings. The maximum absolute atomic E-state index is 12.7. The van der Waals surface area contributed by atoms with Gasteiger partial charge in [0.05, 0.1) is 0 Å². The second kappa shape index (κ2) is 6.16. The SMILES string of the molecule is O=C1[C@@H](Oc2ccccc2)[C@@H](c2cccnc2)N1c1ccccc1. The highest BCUT2D eigenvalue weighted by molar-refractivity contribution is 6.05. The summed E-state index contributed by atoms with van der Waals surface area (Å²) in [5.41, 5.74) is 1.83. The van der Waals surface area contributed by atoms with E-state index >= 15 is 0 Å². The lowest BCUT2D eigenvalue weighted by atomic mass is 9.90. The Labute approximate surface area is 140 Å². The lowest BCUT2D eigenvalue weighted by Gasteiger charge is -2.46. The number of rotatable bonds is 4. The third kappa shape index (κ3) is 2.52. The largest absolute Gasteiger partial charge is 0.478 e. The van der Waals surface area contributed by atoms with Crippen LogP contribution in [0.25, 0.3) is 0 Å². The number of carbonyl (C=O) groups is 1.